The van der Waals surface area contributed by atoms with Gasteiger partial charge in [-0.05, 0) is 31.2 Å². The van der Waals surface area contributed by atoms with Crippen molar-refractivity contribution in [2.24, 2.45) is 0 Å². The van der Waals surface area contributed by atoms with Crippen molar-refractivity contribution < 1.29 is 15.0 Å². The first-order valence-corrected chi connectivity index (χ1v) is 6.39. The molecule has 0 radical (unpaired) electrons. The number of rotatable bonds is 4. The highest BCUT2D eigenvalue weighted by Crippen LogP contribution is 2.53. The van der Waals surface area contributed by atoms with Gasteiger partial charge in [0.25, 0.3) is 0 Å². The number of hydrogen-bond acceptors (Lipinski definition) is 3. The van der Waals surface area contributed by atoms with Gasteiger partial charge in [-0.2, -0.15) is 0 Å². The maximum atomic E-state index is 10.8. The highest BCUT2D eigenvalue weighted by molar-refractivity contribution is 7.98. The summed E-state index contributed by atoms with van der Waals surface area (Å²) in [6.07, 6.45) is 3.76. The van der Waals surface area contributed by atoms with Gasteiger partial charge in [0.2, 0.25) is 0 Å². The summed E-state index contributed by atoms with van der Waals surface area (Å²) >= 11 is 1.56. The van der Waals surface area contributed by atoms with E-state index < -0.39 is 5.97 Å². The first-order chi connectivity index (χ1) is 7.57. The third-order valence-corrected chi connectivity index (χ3v) is 3.84. The van der Waals surface area contributed by atoms with Crippen LogP contribution in [0, 0.1) is 0 Å². The van der Waals surface area contributed by atoms with Crippen LogP contribution in [0.2, 0.25) is 0 Å². The van der Waals surface area contributed by atoms with Gasteiger partial charge in [0.05, 0.1) is 6.42 Å². The standard InChI is InChI=1S/C12H14O3S/c1-16-8-2-3-9(10(13)6-8)12(4-5-12)7-11(14)15/h2-3,6,13H,4-5,7H2,1H3,(H,14,15). The molecule has 0 atom stereocenters. The fourth-order valence-corrected chi connectivity index (χ4v) is 2.50. The molecular formula is C12H14O3S. The van der Waals surface area contributed by atoms with Crippen LogP contribution in [0.15, 0.2) is 23.1 Å². The molecule has 16 heavy (non-hydrogen) atoms. The third kappa shape index (κ3) is 2.02. The number of phenols is 1. The van der Waals surface area contributed by atoms with Gasteiger partial charge in [0.1, 0.15) is 5.75 Å². The van der Waals surface area contributed by atoms with E-state index >= 15 is 0 Å². The zero-order valence-electron chi connectivity index (χ0n) is 9.06. The normalized spacial score (nSPS) is 17.1. The first kappa shape index (κ1) is 11.3. The molecule has 0 bridgehead atoms. The fraction of sp³-hybridized carbons (Fsp3) is 0.417. The van der Waals surface area contributed by atoms with Gasteiger partial charge in [0.15, 0.2) is 0 Å². The molecule has 0 amide bonds. The monoisotopic (exact) mass is 238 g/mol. The van der Waals surface area contributed by atoms with Gasteiger partial charge >= 0.3 is 5.97 Å². The number of carbonyl (C=O) groups is 1. The van der Waals surface area contributed by atoms with Gasteiger partial charge in [-0.15, -0.1) is 11.8 Å². The van der Waals surface area contributed by atoms with Crippen LogP contribution in [-0.4, -0.2) is 22.4 Å². The van der Waals surface area contributed by atoms with Crippen LogP contribution in [0.3, 0.4) is 0 Å². The first-order valence-electron chi connectivity index (χ1n) is 5.17. The number of carboxylic acids is 1. The number of carboxylic acid groups (broad SMARTS) is 1. The van der Waals surface area contributed by atoms with Crippen LogP contribution in [0.25, 0.3) is 0 Å². The van der Waals surface area contributed by atoms with E-state index in [4.69, 9.17) is 5.11 Å². The molecule has 0 spiro atoms. The highest BCUT2D eigenvalue weighted by Gasteiger charge is 2.47. The molecule has 86 valence electrons. The maximum absolute atomic E-state index is 10.8. The predicted molar refractivity (Wildman–Crippen MR) is 63.1 cm³/mol. The summed E-state index contributed by atoms with van der Waals surface area (Å²) in [5.41, 5.74) is 0.472. The molecule has 1 aliphatic rings. The molecule has 4 heteroatoms. The quantitative estimate of drug-likeness (QED) is 0.792. The molecule has 2 N–H and O–H groups in total. The molecule has 1 aliphatic carbocycles. The van der Waals surface area contributed by atoms with E-state index in [0.717, 1.165) is 23.3 Å². The molecule has 1 saturated carbocycles. The largest absolute Gasteiger partial charge is 0.508 e. The molecule has 3 nitrogen and oxygen atoms in total. The Balaban J connectivity index is 2.30. The fourth-order valence-electron chi connectivity index (χ4n) is 2.07. The number of thioether (sulfide) groups is 1. The Morgan fingerprint density at radius 1 is 1.50 bits per heavy atom. The molecule has 1 aromatic carbocycles. The Morgan fingerprint density at radius 2 is 2.19 bits per heavy atom. The molecule has 0 unspecified atom stereocenters. The van der Waals surface area contributed by atoms with Crippen LogP contribution in [0.1, 0.15) is 24.8 Å². The van der Waals surface area contributed by atoms with Crippen LogP contribution in [0.4, 0.5) is 0 Å². The van der Waals surface area contributed by atoms with Crippen molar-refractivity contribution in [3.63, 3.8) is 0 Å². The number of phenolic OH excluding ortho intramolecular Hbond substituents is 1. The van der Waals surface area contributed by atoms with Crippen molar-refractivity contribution >= 4 is 17.7 Å². The number of hydrogen-bond donors (Lipinski definition) is 2. The molecular weight excluding hydrogens is 224 g/mol. The van der Waals surface area contributed by atoms with Gasteiger partial charge in [0, 0.05) is 15.9 Å². The van der Waals surface area contributed by atoms with E-state index in [-0.39, 0.29) is 17.6 Å². The Bertz CT molecular complexity index is 424. The van der Waals surface area contributed by atoms with Gasteiger partial charge < -0.3 is 10.2 Å². The Hall–Kier alpha value is -1.16. The maximum Gasteiger partial charge on any atom is 0.304 e. The Kier molecular flexibility index (Phi) is 2.84. The Labute approximate surface area is 98.5 Å². The van der Waals surface area contributed by atoms with Crippen molar-refractivity contribution in [1.29, 1.82) is 0 Å². The smallest absolute Gasteiger partial charge is 0.304 e. The van der Waals surface area contributed by atoms with E-state index in [2.05, 4.69) is 0 Å². The topological polar surface area (TPSA) is 57.5 Å². The molecule has 0 saturated heterocycles. The van der Waals surface area contributed by atoms with Crippen LogP contribution in [-0.2, 0) is 10.2 Å². The summed E-state index contributed by atoms with van der Waals surface area (Å²) in [6.45, 7) is 0. The number of aliphatic carboxylic acids is 1. The summed E-state index contributed by atoms with van der Waals surface area (Å²) in [5, 5.41) is 18.8. The lowest BCUT2D eigenvalue weighted by Crippen LogP contribution is -2.13. The van der Waals surface area contributed by atoms with Crippen molar-refractivity contribution in [1.82, 2.24) is 0 Å². The lowest BCUT2D eigenvalue weighted by Gasteiger charge is -2.15. The van der Waals surface area contributed by atoms with Gasteiger partial charge in [-0.25, -0.2) is 0 Å². The van der Waals surface area contributed by atoms with E-state index in [9.17, 15) is 9.90 Å². The minimum Gasteiger partial charge on any atom is -0.508 e. The zero-order chi connectivity index (χ0) is 11.8. The van der Waals surface area contributed by atoms with Gasteiger partial charge in [-0.1, -0.05) is 6.07 Å². The van der Waals surface area contributed by atoms with Crippen molar-refractivity contribution in [2.45, 2.75) is 29.6 Å². The number of aromatic hydroxyl groups is 1. The second-order valence-electron chi connectivity index (χ2n) is 4.23. The lowest BCUT2D eigenvalue weighted by molar-refractivity contribution is -0.137. The summed E-state index contributed by atoms with van der Waals surface area (Å²) < 4.78 is 0. The highest BCUT2D eigenvalue weighted by atomic mass is 32.2. The molecule has 1 fully saturated rings. The summed E-state index contributed by atoms with van der Waals surface area (Å²) in [4.78, 5) is 11.8. The number of benzene rings is 1. The Morgan fingerprint density at radius 3 is 2.62 bits per heavy atom. The van der Waals surface area contributed by atoms with E-state index in [1.165, 1.54) is 0 Å². The van der Waals surface area contributed by atoms with Crippen molar-refractivity contribution in [2.75, 3.05) is 6.26 Å². The summed E-state index contributed by atoms with van der Waals surface area (Å²) in [7, 11) is 0. The average molecular weight is 238 g/mol. The third-order valence-electron chi connectivity index (χ3n) is 3.12. The summed E-state index contributed by atoms with van der Waals surface area (Å²) in [5.74, 6) is -0.573. The van der Waals surface area contributed by atoms with E-state index in [1.807, 2.05) is 18.4 Å². The molecule has 2 rings (SSSR count). The van der Waals surface area contributed by atoms with Crippen molar-refractivity contribution in [3.8, 4) is 5.75 Å². The molecule has 1 aromatic rings. The average Bonchev–Trinajstić information content (AvgIpc) is 2.97. The molecule has 0 aromatic heterocycles. The SMILES string of the molecule is CSc1ccc(C2(CC(=O)O)CC2)c(O)c1. The van der Waals surface area contributed by atoms with Crippen LogP contribution < -0.4 is 0 Å². The van der Waals surface area contributed by atoms with Gasteiger partial charge in [-0.3, -0.25) is 4.79 Å². The second kappa shape index (κ2) is 4.01. The second-order valence-corrected chi connectivity index (χ2v) is 5.11. The lowest BCUT2D eigenvalue weighted by atomic mass is 9.92. The summed E-state index contributed by atoms with van der Waals surface area (Å²) in [6, 6.07) is 5.50. The van der Waals surface area contributed by atoms with Crippen molar-refractivity contribution in [3.05, 3.63) is 23.8 Å². The zero-order valence-corrected chi connectivity index (χ0v) is 9.88. The van der Waals surface area contributed by atoms with Crippen LogP contribution >= 0.6 is 11.8 Å². The molecule has 0 aliphatic heterocycles. The van der Waals surface area contributed by atoms with E-state index in [0.29, 0.717) is 0 Å². The van der Waals surface area contributed by atoms with Crippen LogP contribution in [0.5, 0.6) is 5.75 Å². The predicted octanol–water partition coefficient (Wildman–Crippen LogP) is 2.62. The van der Waals surface area contributed by atoms with E-state index in [1.54, 1.807) is 17.8 Å². The minimum absolute atomic E-state index is 0.110. The minimum atomic E-state index is -0.800. The molecule has 0 heterocycles.